The second kappa shape index (κ2) is 8.80. The molecule has 2 aromatic rings. The zero-order valence-corrected chi connectivity index (χ0v) is 17.3. The van der Waals surface area contributed by atoms with Crippen molar-refractivity contribution in [3.05, 3.63) is 69.2 Å². The standard InChI is InChI=1S/C21H24ClN3O4/c1-21(2,29-19-8-6-17(22)7-9-19)20(26)24-12-10-23(11-13-24)15-16-4-3-5-18(14-16)25(27)28/h3-9,14H,10-13,15H2,1-2H3. The lowest BCUT2D eigenvalue weighted by molar-refractivity contribution is -0.384. The largest absolute Gasteiger partial charge is 0.478 e. The average Bonchev–Trinajstić information content (AvgIpc) is 2.70. The molecular formula is C21H24ClN3O4. The number of rotatable bonds is 6. The van der Waals surface area contributed by atoms with E-state index < -0.39 is 5.60 Å². The Bertz CT molecular complexity index is 878. The summed E-state index contributed by atoms with van der Waals surface area (Å²) in [4.78, 5) is 27.5. The third-order valence-corrected chi connectivity index (χ3v) is 5.14. The first-order valence-corrected chi connectivity index (χ1v) is 9.82. The number of nitro groups is 1. The fourth-order valence-electron chi connectivity index (χ4n) is 3.36. The third-order valence-electron chi connectivity index (χ3n) is 4.89. The van der Waals surface area contributed by atoms with E-state index in [0.717, 1.165) is 5.56 Å². The number of nitrogens with zero attached hydrogens (tertiary/aromatic N) is 3. The van der Waals surface area contributed by atoms with E-state index >= 15 is 0 Å². The quantitative estimate of drug-likeness (QED) is 0.528. The van der Waals surface area contributed by atoms with Gasteiger partial charge < -0.3 is 9.64 Å². The zero-order chi connectivity index (χ0) is 21.0. The molecule has 0 aromatic heterocycles. The SMILES string of the molecule is CC(C)(Oc1ccc(Cl)cc1)C(=O)N1CCN(Cc2cccc([N+](=O)[O-])c2)CC1. The molecule has 1 aliphatic heterocycles. The van der Waals surface area contributed by atoms with Gasteiger partial charge in [-0.15, -0.1) is 0 Å². The zero-order valence-electron chi connectivity index (χ0n) is 16.5. The Hall–Kier alpha value is -2.64. The normalized spacial score (nSPS) is 15.2. The molecule has 1 heterocycles. The summed E-state index contributed by atoms with van der Waals surface area (Å²) in [6.45, 7) is 6.71. The lowest BCUT2D eigenvalue weighted by Crippen LogP contribution is -2.55. The summed E-state index contributed by atoms with van der Waals surface area (Å²) in [5, 5.41) is 11.5. The van der Waals surface area contributed by atoms with Crippen molar-refractivity contribution in [3.8, 4) is 5.75 Å². The van der Waals surface area contributed by atoms with Crippen LogP contribution in [0.2, 0.25) is 5.02 Å². The van der Waals surface area contributed by atoms with Crippen LogP contribution in [0.3, 0.4) is 0 Å². The van der Waals surface area contributed by atoms with Gasteiger partial charge in [0.15, 0.2) is 5.60 Å². The van der Waals surface area contributed by atoms with Crippen molar-refractivity contribution in [1.82, 2.24) is 9.80 Å². The number of benzene rings is 2. The minimum atomic E-state index is -0.990. The van der Waals surface area contributed by atoms with Crippen molar-refractivity contribution in [2.45, 2.75) is 26.0 Å². The van der Waals surface area contributed by atoms with Crippen LogP contribution in [0.1, 0.15) is 19.4 Å². The minimum absolute atomic E-state index is 0.0672. The van der Waals surface area contributed by atoms with Gasteiger partial charge in [0, 0.05) is 49.9 Å². The number of nitro benzene ring substituents is 1. The summed E-state index contributed by atoms with van der Waals surface area (Å²) >= 11 is 5.89. The summed E-state index contributed by atoms with van der Waals surface area (Å²) in [7, 11) is 0. The van der Waals surface area contributed by atoms with Crippen LogP contribution in [-0.4, -0.2) is 52.4 Å². The van der Waals surface area contributed by atoms with Gasteiger partial charge in [0.05, 0.1) is 4.92 Å². The highest BCUT2D eigenvalue weighted by Crippen LogP contribution is 2.23. The maximum Gasteiger partial charge on any atom is 0.269 e. The first-order valence-electron chi connectivity index (χ1n) is 9.44. The Balaban J connectivity index is 1.55. The predicted molar refractivity (Wildman–Crippen MR) is 111 cm³/mol. The van der Waals surface area contributed by atoms with Crippen LogP contribution in [-0.2, 0) is 11.3 Å². The molecule has 8 heteroatoms. The Labute approximate surface area is 175 Å². The molecule has 1 aliphatic rings. The van der Waals surface area contributed by atoms with Crippen molar-refractivity contribution in [2.75, 3.05) is 26.2 Å². The second-order valence-corrected chi connectivity index (χ2v) is 8.00. The van der Waals surface area contributed by atoms with Crippen LogP contribution in [0.15, 0.2) is 48.5 Å². The number of non-ortho nitro benzene ring substituents is 1. The molecule has 7 nitrogen and oxygen atoms in total. The van der Waals surface area contributed by atoms with Gasteiger partial charge in [0.25, 0.3) is 11.6 Å². The molecule has 0 bridgehead atoms. The molecule has 1 fully saturated rings. The molecule has 0 aliphatic carbocycles. The number of hydrogen-bond donors (Lipinski definition) is 0. The summed E-state index contributed by atoms with van der Waals surface area (Å²) < 4.78 is 5.90. The van der Waals surface area contributed by atoms with Crippen LogP contribution in [0, 0.1) is 10.1 Å². The van der Waals surface area contributed by atoms with E-state index in [1.165, 1.54) is 6.07 Å². The Kier molecular flexibility index (Phi) is 6.39. The van der Waals surface area contributed by atoms with Crippen molar-refractivity contribution in [2.24, 2.45) is 0 Å². The molecule has 0 saturated carbocycles. The molecule has 0 N–H and O–H groups in total. The van der Waals surface area contributed by atoms with Gasteiger partial charge in [-0.3, -0.25) is 19.8 Å². The number of piperazine rings is 1. The van der Waals surface area contributed by atoms with Crippen LogP contribution < -0.4 is 4.74 Å². The van der Waals surface area contributed by atoms with Gasteiger partial charge in [-0.1, -0.05) is 23.7 Å². The van der Waals surface area contributed by atoms with E-state index in [-0.39, 0.29) is 16.5 Å². The maximum atomic E-state index is 13.0. The van der Waals surface area contributed by atoms with E-state index in [4.69, 9.17) is 16.3 Å². The molecule has 0 radical (unpaired) electrons. The van der Waals surface area contributed by atoms with Crippen molar-refractivity contribution in [1.29, 1.82) is 0 Å². The fraction of sp³-hybridized carbons (Fsp3) is 0.381. The molecule has 0 unspecified atom stereocenters. The lowest BCUT2D eigenvalue weighted by Gasteiger charge is -2.38. The van der Waals surface area contributed by atoms with Crippen LogP contribution in [0.5, 0.6) is 5.75 Å². The smallest absolute Gasteiger partial charge is 0.269 e. The predicted octanol–water partition coefficient (Wildman–Crippen LogP) is 3.75. The number of halogens is 1. The van der Waals surface area contributed by atoms with E-state index in [1.54, 1.807) is 55.1 Å². The molecule has 1 saturated heterocycles. The summed E-state index contributed by atoms with van der Waals surface area (Å²) in [6, 6.07) is 13.6. The van der Waals surface area contributed by atoms with E-state index in [9.17, 15) is 14.9 Å². The topological polar surface area (TPSA) is 75.9 Å². The fourth-order valence-corrected chi connectivity index (χ4v) is 3.48. The van der Waals surface area contributed by atoms with Gasteiger partial charge in [-0.25, -0.2) is 0 Å². The van der Waals surface area contributed by atoms with Crippen LogP contribution >= 0.6 is 11.6 Å². The minimum Gasteiger partial charge on any atom is -0.478 e. The van der Waals surface area contributed by atoms with Crippen molar-refractivity contribution < 1.29 is 14.5 Å². The molecule has 154 valence electrons. The Morgan fingerprint density at radius 3 is 2.41 bits per heavy atom. The number of carbonyl (C=O) groups is 1. The van der Waals surface area contributed by atoms with Gasteiger partial charge in [-0.2, -0.15) is 0 Å². The Morgan fingerprint density at radius 1 is 1.14 bits per heavy atom. The molecular weight excluding hydrogens is 394 g/mol. The monoisotopic (exact) mass is 417 g/mol. The number of hydrogen-bond acceptors (Lipinski definition) is 5. The van der Waals surface area contributed by atoms with E-state index in [0.29, 0.717) is 43.5 Å². The van der Waals surface area contributed by atoms with Crippen molar-refractivity contribution >= 4 is 23.2 Å². The third kappa shape index (κ3) is 5.46. The summed E-state index contributed by atoms with van der Waals surface area (Å²) in [5.74, 6) is 0.527. The highest BCUT2D eigenvalue weighted by atomic mass is 35.5. The molecule has 29 heavy (non-hydrogen) atoms. The summed E-state index contributed by atoms with van der Waals surface area (Å²) in [5.41, 5.74) is -0.00134. The molecule has 0 spiro atoms. The molecule has 1 amide bonds. The average molecular weight is 418 g/mol. The van der Waals surface area contributed by atoms with Crippen LogP contribution in [0.4, 0.5) is 5.69 Å². The molecule has 0 atom stereocenters. The first kappa shape index (κ1) is 21.1. The number of carbonyl (C=O) groups excluding carboxylic acids is 1. The lowest BCUT2D eigenvalue weighted by atomic mass is 10.1. The van der Waals surface area contributed by atoms with Gasteiger partial charge in [-0.05, 0) is 43.7 Å². The number of ether oxygens (including phenoxy) is 1. The highest BCUT2D eigenvalue weighted by molar-refractivity contribution is 6.30. The Morgan fingerprint density at radius 2 is 1.79 bits per heavy atom. The number of amides is 1. The highest BCUT2D eigenvalue weighted by Gasteiger charge is 2.35. The van der Waals surface area contributed by atoms with E-state index in [1.807, 2.05) is 6.07 Å². The maximum absolute atomic E-state index is 13.0. The van der Waals surface area contributed by atoms with Crippen molar-refractivity contribution in [3.63, 3.8) is 0 Å². The summed E-state index contributed by atoms with van der Waals surface area (Å²) in [6.07, 6.45) is 0. The van der Waals surface area contributed by atoms with Gasteiger partial charge in [0.1, 0.15) is 5.75 Å². The van der Waals surface area contributed by atoms with E-state index in [2.05, 4.69) is 4.90 Å². The van der Waals surface area contributed by atoms with Crippen LogP contribution in [0.25, 0.3) is 0 Å². The van der Waals surface area contributed by atoms with Gasteiger partial charge >= 0.3 is 0 Å². The molecule has 3 rings (SSSR count). The first-order chi connectivity index (χ1) is 13.7. The second-order valence-electron chi connectivity index (χ2n) is 7.56. The van der Waals surface area contributed by atoms with Gasteiger partial charge in [0.2, 0.25) is 0 Å². The molecule has 2 aromatic carbocycles.